The van der Waals surface area contributed by atoms with Crippen molar-refractivity contribution in [1.29, 1.82) is 0 Å². The van der Waals surface area contributed by atoms with E-state index in [0.717, 1.165) is 33.1 Å². The number of carbonyl (C=O) groups excluding carboxylic acids is 1. The molecule has 0 aliphatic carbocycles. The molecule has 0 spiro atoms. The lowest BCUT2D eigenvalue weighted by atomic mass is 10.1. The third-order valence-electron chi connectivity index (χ3n) is 4.81. The van der Waals surface area contributed by atoms with Crippen LogP contribution in [-0.4, -0.2) is 30.8 Å². The summed E-state index contributed by atoms with van der Waals surface area (Å²) in [6, 6.07) is 13.9. The van der Waals surface area contributed by atoms with Gasteiger partial charge in [0.05, 0.1) is 13.2 Å². The summed E-state index contributed by atoms with van der Waals surface area (Å²) in [5.41, 5.74) is 3.28. The molecule has 3 aromatic rings. The molecule has 30 heavy (non-hydrogen) atoms. The number of amides is 1. The van der Waals surface area contributed by atoms with Crippen LogP contribution in [0.15, 0.2) is 51.9 Å². The number of benzene rings is 2. The Kier molecular flexibility index (Phi) is 6.28. The van der Waals surface area contributed by atoms with E-state index in [-0.39, 0.29) is 5.91 Å². The smallest absolute Gasteiger partial charge is 0.273 e. The van der Waals surface area contributed by atoms with Crippen LogP contribution in [0.3, 0.4) is 0 Å². The van der Waals surface area contributed by atoms with E-state index in [1.165, 1.54) is 0 Å². The molecule has 0 atom stereocenters. The summed E-state index contributed by atoms with van der Waals surface area (Å²) < 4.78 is 16.8. The number of hydrogen-bond acceptors (Lipinski definition) is 6. The second kappa shape index (κ2) is 9.26. The summed E-state index contributed by atoms with van der Waals surface area (Å²) in [6.07, 6.45) is 0.676. The van der Waals surface area contributed by atoms with E-state index in [4.69, 9.17) is 14.0 Å². The Bertz CT molecular complexity index is 1050. The van der Waals surface area contributed by atoms with Gasteiger partial charge in [-0.05, 0) is 50.1 Å². The minimum atomic E-state index is -0.212. The molecule has 7 heteroatoms. The molecule has 2 aromatic carbocycles. The first-order valence-electron chi connectivity index (χ1n) is 10.1. The third kappa shape index (κ3) is 4.16. The maximum atomic E-state index is 12.7. The van der Waals surface area contributed by atoms with Crippen molar-refractivity contribution in [3.63, 3.8) is 0 Å². The van der Waals surface area contributed by atoms with Gasteiger partial charge in [-0.3, -0.25) is 4.79 Å². The normalized spacial score (nSPS) is 12.1. The molecule has 1 aliphatic heterocycles. The highest BCUT2D eigenvalue weighted by Crippen LogP contribution is 2.42. The monoisotopic (exact) mass is 424 g/mol. The number of ether oxygens (including phenoxy) is 2. The average molecular weight is 425 g/mol. The zero-order valence-corrected chi connectivity index (χ0v) is 17.9. The van der Waals surface area contributed by atoms with Crippen LogP contribution >= 0.6 is 11.8 Å². The molecule has 1 aromatic heterocycles. The van der Waals surface area contributed by atoms with Gasteiger partial charge >= 0.3 is 0 Å². The van der Waals surface area contributed by atoms with Gasteiger partial charge in [0.25, 0.3) is 5.91 Å². The first-order valence-corrected chi connectivity index (χ1v) is 11.1. The topological polar surface area (TPSA) is 73.6 Å². The van der Waals surface area contributed by atoms with E-state index in [2.05, 4.69) is 16.5 Å². The first-order chi connectivity index (χ1) is 14.7. The zero-order valence-electron chi connectivity index (χ0n) is 17.1. The zero-order chi connectivity index (χ0) is 20.9. The van der Waals surface area contributed by atoms with Gasteiger partial charge in [0.15, 0.2) is 23.0 Å². The Morgan fingerprint density at radius 1 is 1.13 bits per heavy atom. The minimum Gasteiger partial charge on any atom is -0.490 e. The van der Waals surface area contributed by atoms with E-state index < -0.39 is 0 Å². The largest absolute Gasteiger partial charge is 0.490 e. The molecule has 1 amide bonds. The van der Waals surface area contributed by atoms with Crippen molar-refractivity contribution in [2.45, 2.75) is 30.9 Å². The maximum Gasteiger partial charge on any atom is 0.273 e. The summed E-state index contributed by atoms with van der Waals surface area (Å²) in [4.78, 5) is 13.8. The van der Waals surface area contributed by atoms with Crippen molar-refractivity contribution in [3.8, 4) is 22.8 Å². The number of nitrogens with zero attached hydrogens (tertiary/aromatic N) is 1. The molecule has 0 fully saturated rings. The van der Waals surface area contributed by atoms with Crippen LogP contribution in [0.25, 0.3) is 11.3 Å². The van der Waals surface area contributed by atoms with Gasteiger partial charge in [-0.2, -0.15) is 0 Å². The van der Waals surface area contributed by atoms with Crippen LogP contribution in [0.1, 0.15) is 35.5 Å². The summed E-state index contributed by atoms with van der Waals surface area (Å²) in [7, 11) is 0. The van der Waals surface area contributed by atoms with Gasteiger partial charge in [-0.1, -0.05) is 23.4 Å². The summed E-state index contributed by atoms with van der Waals surface area (Å²) in [5, 5.41) is 7.01. The van der Waals surface area contributed by atoms with Crippen LogP contribution in [-0.2, 0) is 12.2 Å². The van der Waals surface area contributed by atoms with Crippen molar-refractivity contribution in [2.75, 3.05) is 19.8 Å². The van der Waals surface area contributed by atoms with E-state index in [9.17, 15) is 4.79 Å². The van der Waals surface area contributed by atoms with Crippen LogP contribution < -0.4 is 14.8 Å². The number of thioether (sulfide) groups is 1. The van der Waals surface area contributed by atoms with E-state index >= 15 is 0 Å². The minimum absolute atomic E-state index is 0.212. The Hall–Kier alpha value is -2.93. The summed E-state index contributed by atoms with van der Waals surface area (Å²) >= 11 is 1.69. The fraction of sp³-hybridized carbons (Fsp3) is 0.304. The first kappa shape index (κ1) is 20.3. The highest BCUT2D eigenvalue weighted by Gasteiger charge is 2.27. The Balaban J connectivity index is 1.41. The van der Waals surface area contributed by atoms with Crippen molar-refractivity contribution in [1.82, 2.24) is 10.5 Å². The highest BCUT2D eigenvalue weighted by atomic mass is 32.2. The van der Waals surface area contributed by atoms with E-state index in [0.29, 0.717) is 43.4 Å². The molecule has 0 unspecified atom stereocenters. The van der Waals surface area contributed by atoms with Crippen molar-refractivity contribution in [2.24, 2.45) is 0 Å². The predicted octanol–water partition coefficient (Wildman–Crippen LogP) is 4.72. The number of hydrogen-bond donors (Lipinski definition) is 1. The lowest BCUT2D eigenvalue weighted by Gasteiger charge is -2.14. The second-order valence-electron chi connectivity index (χ2n) is 6.78. The number of carbonyl (C=O) groups is 1. The van der Waals surface area contributed by atoms with Gasteiger partial charge in [0, 0.05) is 28.3 Å². The second-order valence-corrected chi connectivity index (χ2v) is 7.79. The third-order valence-corrected chi connectivity index (χ3v) is 5.91. The number of rotatable bonds is 8. The number of nitrogens with one attached hydrogen (secondary N) is 1. The predicted molar refractivity (Wildman–Crippen MR) is 116 cm³/mol. The van der Waals surface area contributed by atoms with Crippen molar-refractivity contribution in [3.05, 3.63) is 59.3 Å². The van der Waals surface area contributed by atoms with Gasteiger partial charge in [0.1, 0.15) is 0 Å². The molecule has 156 valence electrons. The Morgan fingerprint density at radius 2 is 1.93 bits per heavy atom. The molecule has 2 heterocycles. The van der Waals surface area contributed by atoms with E-state index in [1.54, 1.807) is 11.8 Å². The molecule has 1 aliphatic rings. The van der Waals surface area contributed by atoms with Crippen LogP contribution in [0.4, 0.5) is 0 Å². The van der Waals surface area contributed by atoms with Crippen LogP contribution in [0, 0.1) is 0 Å². The van der Waals surface area contributed by atoms with Crippen LogP contribution in [0.2, 0.25) is 0 Å². The fourth-order valence-corrected chi connectivity index (χ4v) is 4.48. The molecule has 0 saturated heterocycles. The number of fused-ring (bicyclic) bond motifs is 3. The van der Waals surface area contributed by atoms with Crippen molar-refractivity contribution >= 4 is 17.7 Å². The lowest BCUT2D eigenvalue weighted by molar-refractivity contribution is 0.0944. The lowest BCUT2D eigenvalue weighted by Crippen LogP contribution is -2.27. The van der Waals surface area contributed by atoms with Crippen molar-refractivity contribution < 1.29 is 18.8 Å². The van der Waals surface area contributed by atoms with E-state index in [1.807, 2.05) is 50.2 Å². The van der Waals surface area contributed by atoms with Crippen LogP contribution in [0.5, 0.6) is 11.5 Å². The molecular formula is C23H24N2O4S. The SMILES string of the molecule is CCOc1ccc(CCNC(=O)c2noc3c2CSc2ccccc2-3)cc1OCC. The molecule has 6 nitrogen and oxygen atoms in total. The summed E-state index contributed by atoms with van der Waals surface area (Å²) in [5.74, 6) is 2.62. The molecule has 1 N–H and O–H groups in total. The maximum absolute atomic E-state index is 12.7. The van der Waals surface area contributed by atoms with Gasteiger partial charge in [-0.15, -0.1) is 11.8 Å². The summed E-state index contributed by atoms with van der Waals surface area (Å²) in [6.45, 7) is 5.53. The molecule has 0 radical (unpaired) electrons. The molecule has 4 rings (SSSR count). The average Bonchev–Trinajstić information content (AvgIpc) is 3.20. The van der Waals surface area contributed by atoms with Gasteiger partial charge in [0.2, 0.25) is 0 Å². The van der Waals surface area contributed by atoms with Gasteiger partial charge < -0.3 is 19.3 Å². The quantitative estimate of drug-likeness (QED) is 0.564. The standard InChI is InChI=1S/C23H24N2O4S/c1-3-27-18-10-9-15(13-19(18)28-4-2)11-12-24-23(26)21-17-14-30-20-8-6-5-7-16(20)22(17)29-25-21/h5-10,13H,3-4,11-12,14H2,1-2H3,(H,24,26). The van der Waals surface area contributed by atoms with Gasteiger partial charge in [-0.25, -0.2) is 0 Å². The number of aromatic nitrogens is 1. The molecular weight excluding hydrogens is 400 g/mol. The Labute approximate surface area is 179 Å². The fourth-order valence-electron chi connectivity index (χ4n) is 3.42. The molecule has 0 bridgehead atoms. The molecule has 0 saturated carbocycles. The Morgan fingerprint density at radius 3 is 2.77 bits per heavy atom. The highest BCUT2D eigenvalue weighted by molar-refractivity contribution is 7.98.